The number of fused-ring (bicyclic) bond motifs is 1. The van der Waals surface area contributed by atoms with E-state index in [1.165, 1.54) is 16.4 Å². The molecule has 2 aromatic carbocycles. The Morgan fingerprint density at radius 1 is 1.15 bits per heavy atom. The molecule has 0 radical (unpaired) electrons. The zero-order valence-electron chi connectivity index (χ0n) is 13.7. The van der Waals surface area contributed by atoms with E-state index >= 15 is 0 Å². The minimum atomic E-state index is -0.126. The first-order valence-electron chi connectivity index (χ1n) is 8.07. The lowest BCUT2D eigenvalue weighted by Gasteiger charge is -2.09. The number of hydrogen-bond donors (Lipinski definition) is 1. The number of tetrazole rings is 1. The summed E-state index contributed by atoms with van der Waals surface area (Å²) in [4.78, 5) is 12.4. The van der Waals surface area contributed by atoms with Crippen LogP contribution in [0.2, 0.25) is 0 Å². The predicted molar refractivity (Wildman–Crippen MR) is 101 cm³/mol. The fourth-order valence-electron chi connectivity index (χ4n) is 2.83. The van der Waals surface area contributed by atoms with Crippen LogP contribution >= 0.6 is 15.9 Å². The van der Waals surface area contributed by atoms with E-state index in [1.54, 1.807) is 12.1 Å². The number of rotatable bonds is 5. The van der Waals surface area contributed by atoms with Crippen molar-refractivity contribution in [3.63, 3.8) is 0 Å². The number of halogens is 1. The van der Waals surface area contributed by atoms with Gasteiger partial charge in [0, 0.05) is 40.2 Å². The van der Waals surface area contributed by atoms with Gasteiger partial charge in [0.05, 0.1) is 5.69 Å². The van der Waals surface area contributed by atoms with Crippen molar-refractivity contribution >= 4 is 32.7 Å². The van der Waals surface area contributed by atoms with Crippen LogP contribution < -0.4 is 5.32 Å². The van der Waals surface area contributed by atoms with E-state index in [1.807, 2.05) is 24.4 Å². The number of aromatic nitrogens is 5. The molecular weight excluding hydrogens is 396 g/mol. The lowest BCUT2D eigenvalue weighted by Crippen LogP contribution is -2.27. The molecule has 130 valence electrons. The molecule has 0 aliphatic heterocycles. The quantitative estimate of drug-likeness (QED) is 0.548. The van der Waals surface area contributed by atoms with Crippen molar-refractivity contribution in [2.45, 2.75) is 6.54 Å². The van der Waals surface area contributed by atoms with E-state index in [2.05, 4.69) is 59.5 Å². The standard InChI is InChI=1S/C18H15BrN6O/c19-15-4-5-17-13(10-15)6-8-24(17)9-7-20-18(26)14-2-1-3-16(11-14)25-12-21-22-23-25/h1-6,8,10-12H,7,9H2,(H,20,26). The Kier molecular flexibility index (Phi) is 4.49. The lowest BCUT2D eigenvalue weighted by molar-refractivity contribution is 0.0952. The summed E-state index contributed by atoms with van der Waals surface area (Å²) in [5.41, 5.74) is 2.45. The van der Waals surface area contributed by atoms with Crippen molar-refractivity contribution in [3.05, 3.63) is 71.1 Å². The van der Waals surface area contributed by atoms with Gasteiger partial charge in [-0.25, -0.2) is 4.68 Å². The van der Waals surface area contributed by atoms with Crippen LogP contribution in [0.1, 0.15) is 10.4 Å². The van der Waals surface area contributed by atoms with Gasteiger partial charge in [0.15, 0.2) is 0 Å². The van der Waals surface area contributed by atoms with Crippen LogP contribution in [-0.2, 0) is 6.54 Å². The summed E-state index contributed by atoms with van der Waals surface area (Å²) in [5, 5.41) is 15.2. The summed E-state index contributed by atoms with van der Waals surface area (Å²) >= 11 is 3.48. The van der Waals surface area contributed by atoms with Crippen LogP contribution in [0.3, 0.4) is 0 Å². The molecule has 0 bridgehead atoms. The topological polar surface area (TPSA) is 77.6 Å². The summed E-state index contributed by atoms with van der Waals surface area (Å²) in [7, 11) is 0. The number of carbonyl (C=O) groups is 1. The summed E-state index contributed by atoms with van der Waals surface area (Å²) in [6.07, 6.45) is 3.52. The van der Waals surface area contributed by atoms with Crippen molar-refractivity contribution in [1.29, 1.82) is 0 Å². The maximum atomic E-state index is 12.4. The second kappa shape index (κ2) is 7.09. The minimum absolute atomic E-state index is 0.126. The zero-order chi connectivity index (χ0) is 17.9. The highest BCUT2D eigenvalue weighted by molar-refractivity contribution is 9.10. The Morgan fingerprint density at radius 3 is 2.92 bits per heavy atom. The van der Waals surface area contributed by atoms with Gasteiger partial charge >= 0.3 is 0 Å². The SMILES string of the molecule is O=C(NCCn1ccc2cc(Br)ccc21)c1cccc(-n2cnnn2)c1. The second-order valence-electron chi connectivity index (χ2n) is 5.77. The Hall–Kier alpha value is -3.00. The third kappa shape index (κ3) is 3.36. The number of amides is 1. The highest BCUT2D eigenvalue weighted by Crippen LogP contribution is 2.20. The zero-order valence-corrected chi connectivity index (χ0v) is 15.3. The lowest BCUT2D eigenvalue weighted by atomic mass is 10.2. The van der Waals surface area contributed by atoms with E-state index in [4.69, 9.17) is 0 Å². The van der Waals surface area contributed by atoms with Crippen molar-refractivity contribution < 1.29 is 4.79 Å². The Morgan fingerprint density at radius 2 is 2.08 bits per heavy atom. The van der Waals surface area contributed by atoms with E-state index < -0.39 is 0 Å². The molecular formula is C18H15BrN6O. The van der Waals surface area contributed by atoms with Gasteiger partial charge in [0.2, 0.25) is 0 Å². The summed E-state index contributed by atoms with van der Waals surface area (Å²) < 4.78 is 4.69. The highest BCUT2D eigenvalue weighted by atomic mass is 79.9. The van der Waals surface area contributed by atoms with Crippen molar-refractivity contribution in [1.82, 2.24) is 30.1 Å². The summed E-state index contributed by atoms with van der Waals surface area (Å²) in [5.74, 6) is -0.126. The molecule has 0 aliphatic rings. The van der Waals surface area contributed by atoms with Gasteiger partial charge in [0.25, 0.3) is 5.91 Å². The largest absolute Gasteiger partial charge is 0.350 e. The maximum Gasteiger partial charge on any atom is 0.251 e. The minimum Gasteiger partial charge on any atom is -0.350 e. The Bertz CT molecular complexity index is 1060. The number of hydrogen-bond acceptors (Lipinski definition) is 4. The van der Waals surface area contributed by atoms with Gasteiger partial charge in [-0.3, -0.25) is 4.79 Å². The van der Waals surface area contributed by atoms with E-state index in [0.29, 0.717) is 18.7 Å². The van der Waals surface area contributed by atoms with Crippen LogP contribution in [0, 0.1) is 0 Å². The predicted octanol–water partition coefficient (Wildman–Crippen LogP) is 2.81. The molecule has 26 heavy (non-hydrogen) atoms. The van der Waals surface area contributed by atoms with Gasteiger partial charge in [-0.1, -0.05) is 22.0 Å². The van der Waals surface area contributed by atoms with Crippen molar-refractivity contribution in [3.8, 4) is 5.69 Å². The number of nitrogens with zero attached hydrogens (tertiary/aromatic N) is 5. The fourth-order valence-corrected chi connectivity index (χ4v) is 3.21. The molecule has 8 heteroatoms. The molecule has 0 saturated carbocycles. The average Bonchev–Trinajstić information content (AvgIpc) is 3.32. The molecule has 4 rings (SSSR count). The normalized spacial score (nSPS) is 11.0. The number of benzene rings is 2. The van der Waals surface area contributed by atoms with Gasteiger partial charge < -0.3 is 9.88 Å². The molecule has 2 heterocycles. The van der Waals surface area contributed by atoms with Gasteiger partial charge in [-0.15, -0.1) is 5.10 Å². The molecule has 7 nitrogen and oxygen atoms in total. The van der Waals surface area contributed by atoms with Crippen LogP contribution in [0.15, 0.2) is 65.5 Å². The van der Waals surface area contributed by atoms with Crippen LogP contribution in [-0.4, -0.2) is 37.2 Å². The second-order valence-corrected chi connectivity index (χ2v) is 6.69. The van der Waals surface area contributed by atoms with E-state index in [9.17, 15) is 4.79 Å². The molecule has 1 amide bonds. The van der Waals surface area contributed by atoms with Gasteiger partial charge in [-0.2, -0.15) is 0 Å². The molecule has 0 spiro atoms. The molecule has 0 aliphatic carbocycles. The summed E-state index contributed by atoms with van der Waals surface area (Å²) in [6.45, 7) is 1.23. The smallest absolute Gasteiger partial charge is 0.251 e. The third-order valence-corrected chi connectivity index (χ3v) is 4.59. The first kappa shape index (κ1) is 16.5. The first-order chi connectivity index (χ1) is 12.7. The van der Waals surface area contributed by atoms with Crippen LogP contribution in [0.4, 0.5) is 0 Å². The molecule has 0 atom stereocenters. The van der Waals surface area contributed by atoms with E-state index in [0.717, 1.165) is 15.7 Å². The van der Waals surface area contributed by atoms with Crippen molar-refractivity contribution in [2.24, 2.45) is 0 Å². The molecule has 2 aromatic heterocycles. The van der Waals surface area contributed by atoms with Crippen LogP contribution in [0.5, 0.6) is 0 Å². The first-order valence-corrected chi connectivity index (χ1v) is 8.86. The molecule has 1 N–H and O–H groups in total. The third-order valence-electron chi connectivity index (χ3n) is 4.09. The Labute approximate surface area is 157 Å². The van der Waals surface area contributed by atoms with Gasteiger partial charge in [0.1, 0.15) is 6.33 Å². The number of carbonyl (C=O) groups excluding carboxylic acids is 1. The Balaban J connectivity index is 1.42. The average molecular weight is 411 g/mol. The number of nitrogens with one attached hydrogen (secondary N) is 1. The molecule has 0 unspecified atom stereocenters. The molecule has 0 saturated heterocycles. The highest BCUT2D eigenvalue weighted by Gasteiger charge is 2.08. The van der Waals surface area contributed by atoms with Crippen LogP contribution in [0.25, 0.3) is 16.6 Å². The van der Waals surface area contributed by atoms with E-state index in [-0.39, 0.29) is 5.91 Å². The monoisotopic (exact) mass is 410 g/mol. The summed E-state index contributed by atoms with van der Waals surface area (Å²) in [6, 6.07) is 15.4. The molecule has 4 aromatic rings. The fraction of sp³-hybridized carbons (Fsp3) is 0.111. The molecule has 0 fully saturated rings. The maximum absolute atomic E-state index is 12.4. The van der Waals surface area contributed by atoms with Gasteiger partial charge in [-0.05, 0) is 52.9 Å². The van der Waals surface area contributed by atoms with Crippen molar-refractivity contribution in [2.75, 3.05) is 6.54 Å².